The van der Waals surface area contributed by atoms with E-state index in [-0.39, 0.29) is 6.04 Å². The summed E-state index contributed by atoms with van der Waals surface area (Å²) in [7, 11) is 4.01. The van der Waals surface area contributed by atoms with Crippen molar-refractivity contribution in [2.24, 2.45) is 12.8 Å². The molecule has 0 bridgehead atoms. The van der Waals surface area contributed by atoms with Crippen LogP contribution in [-0.2, 0) is 20.0 Å². The Morgan fingerprint density at radius 2 is 2.19 bits per heavy atom. The van der Waals surface area contributed by atoms with Gasteiger partial charge in [-0.2, -0.15) is 0 Å². The molecule has 0 saturated heterocycles. The van der Waals surface area contributed by atoms with Gasteiger partial charge in [0.1, 0.15) is 5.82 Å². The third-order valence-corrected chi connectivity index (χ3v) is 4.05. The number of rotatable bonds is 6. The first-order valence-corrected chi connectivity index (χ1v) is 7.60. The van der Waals surface area contributed by atoms with Gasteiger partial charge in [0.05, 0.1) is 17.3 Å². The van der Waals surface area contributed by atoms with E-state index < -0.39 is 0 Å². The fourth-order valence-electron chi connectivity index (χ4n) is 2.28. The first kappa shape index (κ1) is 15.9. The van der Waals surface area contributed by atoms with Gasteiger partial charge in [0, 0.05) is 32.5 Å². The lowest BCUT2D eigenvalue weighted by molar-refractivity contribution is 0.646. The van der Waals surface area contributed by atoms with E-state index in [1.165, 1.54) is 5.56 Å². The molecule has 1 unspecified atom stereocenters. The highest BCUT2D eigenvalue weighted by Crippen LogP contribution is 2.27. The average Bonchev–Trinajstić information content (AvgIpc) is 2.84. The maximum atomic E-state index is 6.42. The maximum absolute atomic E-state index is 6.42. The van der Waals surface area contributed by atoms with E-state index in [2.05, 4.69) is 28.9 Å². The zero-order valence-electron chi connectivity index (χ0n) is 12.9. The fourth-order valence-corrected chi connectivity index (χ4v) is 2.63. The van der Waals surface area contributed by atoms with Crippen molar-refractivity contribution < 1.29 is 0 Å². The Morgan fingerprint density at radius 1 is 1.43 bits per heavy atom. The first-order valence-electron chi connectivity index (χ1n) is 7.22. The molecule has 0 aliphatic heterocycles. The van der Waals surface area contributed by atoms with E-state index in [0.29, 0.717) is 0 Å². The van der Waals surface area contributed by atoms with Crippen LogP contribution in [0.15, 0.2) is 30.6 Å². The Labute approximate surface area is 131 Å². The lowest BCUT2D eigenvalue weighted by Crippen LogP contribution is -2.22. The predicted molar refractivity (Wildman–Crippen MR) is 88.7 cm³/mol. The van der Waals surface area contributed by atoms with Crippen LogP contribution in [-0.4, -0.2) is 22.6 Å². The van der Waals surface area contributed by atoms with E-state index in [0.717, 1.165) is 35.9 Å². The number of nitrogens with zero attached hydrogens (tertiary/aromatic N) is 3. The standard InChI is InChI=1S/C16H23ClN4/c1-4-13(18)9-12-5-6-15(14(17)10-12)21(3)11-16-19-7-8-20(16)2/h5-8,10,13H,4,9,11,18H2,1-3H3. The second kappa shape index (κ2) is 6.96. The second-order valence-electron chi connectivity index (χ2n) is 5.47. The highest BCUT2D eigenvalue weighted by molar-refractivity contribution is 6.33. The number of imidazole rings is 1. The van der Waals surface area contributed by atoms with Gasteiger partial charge in [-0.3, -0.25) is 0 Å². The topological polar surface area (TPSA) is 47.1 Å². The quantitative estimate of drug-likeness (QED) is 0.892. The number of hydrogen-bond acceptors (Lipinski definition) is 3. The minimum absolute atomic E-state index is 0.192. The third-order valence-electron chi connectivity index (χ3n) is 3.75. The Balaban J connectivity index is 2.11. The van der Waals surface area contributed by atoms with Crippen molar-refractivity contribution in [2.75, 3.05) is 11.9 Å². The van der Waals surface area contributed by atoms with E-state index in [1.807, 2.05) is 30.9 Å². The van der Waals surface area contributed by atoms with Crippen molar-refractivity contribution in [3.05, 3.63) is 47.0 Å². The average molecular weight is 307 g/mol. The number of nitrogens with two attached hydrogens (primary N) is 1. The smallest absolute Gasteiger partial charge is 0.127 e. The molecule has 0 amide bonds. The molecule has 21 heavy (non-hydrogen) atoms. The van der Waals surface area contributed by atoms with E-state index in [1.54, 1.807) is 6.20 Å². The van der Waals surface area contributed by atoms with Crippen molar-refractivity contribution in [2.45, 2.75) is 32.4 Å². The second-order valence-corrected chi connectivity index (χ2v) is 5.88. The van der Waals surface area contributed by atoms with Gasteiger partial charge in [0.2, 0.25) is 0 Å². The number of aromatic nitrogens is 2. The van der Waals surface area contributed by atoms with E-state index in [9.17, 15) is 0 Å². The number of halogens is 1. The molecule has 4 nitrogen and oxygen atoms in total. The van der Waals surface area contributed by atoms with Crippen molar-refractivity contribution in [3.8, 4) is 0 Å². The molecule has 2 N–H and O–H groups in total. The van der Waals surface area contributed by atoms with E-state index >= 15 is 0 Å². The number of aryl methyl sites for hydroxylation is 1. The normalized spacial score (nSPS) is 12.4. The summed E-state index contributed by atoms with van der Waals surface area (Å²) in [4.78, 5) is 6.45. The molecule has 0 aliphatic rings. The summed E-state index contributed by atoms with van der Waals surface area (Å²) in [5.41, 5.74) is 8.19. The molecule has 1 heterocycles. The van der Waals surface area contributed by atoms with Gasteiger partial charge in [-0.1, -0.05) is 24.6 Å². The summed E-state index contributed by atoms with van der Waals surface area (Å²) in [6, 6.07) is 6.37. The van der Waals surface area contributed by atoms with Gasteiger partial charge < -0.3 is 15.2 Å². The zero-order chi connectivity index (χ0) is 15.4. The van der Waals surface area contributed by atoms with Crippen molar-refractivity contribution in [1.82, 2.24) is 9.55 Å². The fraction of sp³-hybridized carbons (Fsp3) is 0.438. The van der Waals surface area contributed by atoms with Gasteiger partial charge in [0.25, 0.3) is 0 Å². The maximum Gasteiger partial charge on any atom is 0.127 e. The molecule has 1 atom stereocenters. The summed E-state index contributed by atoms with van der Waals surface area (Å²) >= 11 is 6.42. The monoisotopic (exact) mass is 306 g/mol. The van der Waals surface area contributed by atoms with Gasteiger partial charge in [-0.15, -0.1) is 0 Å². The highest BCUT2D eigenvalue weighted by Gasteiger charge is 2.11. The summed E-state index contributed by atoms with van der Waals surface area (Å²) in [5.74, 6) is 1.01. The molecule has 0 saturated carbocycles. The summed E-state index contributed by atoms with van der Waals surface area (Å²) < 4.78 is 2.01. The van der Waals surface area contributed by atoms with E-state index in [4.69, 9.17) is 17.3 Å². The molecule has 1 aromatic carbocycles. The van der Waals surface area contributed by atoms with Gasteiger partial charge in [0.15, 0.2) is 0 Å². The summed E-state index contributed by atoms with van der Waals surface area (Å²) in [5, 5.41) is 0.757. The van der Waals surface area contributed by atoms with Crippen molar-refractivity contribution in [1.29, 1.82) is 0 Å². The molecule has 0 fully saturated rings. The van der Waals surface area contributed by atoms with Crippen LogP contribution in [0.3, 0.4) is 0 Å². The molecule has 0 aliphatic carbocycles. The van der Waals surface area contributed by atoms with Crippen molar-refractivity contribution in [3.63, 3.8) is 0 Å². The van der Waals surface area contributed by atoms with Crippen LogP contribution in [0.4, 0.5) is 5.69 Å². The van der Waals surface area contributed by atoms with Crippen LogP contribution in [0.2, 0.25) is 5.02 Å². The Kier molecular flexibility index (Phi) is 5.26. The molecule has 5 heteroatoms. The Morgan fingerprint density at radius 3 is 2.76 bits per heavy atom. The Bertz CT molecular complexity index is 594. The first-order chi connectivity index (χ1) is 10.0. The molecular formula is C16H23ClN4. The molecular weight excluding hydrogens is 284 g/mol. The minimum atomic E-state index is 0.192. The van der Waals surface area contributed by atoms with Gasteiger partial charge >= 0.3 is 0 Å². The van der Waals surface area contributed by atoms with Crippen LogP contribution in [0, 0.1) is 0 Å². The van der Waals surface area contributed by atoms with Crippen LogP contribution >= 0.6 is 11.6 Å². The SMILES string of the molecule is CCC(N)Cc1ccc(N(C)Cc2nccn2C)c(Cl)c1. The number of hydrogen-bond donors (Lipinski definition) is 1. The molecule has 114 valence electrons. The van der Waals surface area contributed by atoms with Crippen molar-refractivity contribution >= 4 is 17.3 Å². The van der Waals surface area contributed by atoms with Crippen LogP contribution < -0.4 is 10.6 Å². The van der Waals surface area contributed by atoms with Crippen LogP contribution in [0.25, 0.3) is 0 Å². The summed E-state index contributed by atoms with van der Waals surface area (Å²) in [6.45, 7) is 2.82. The van der Waals surface area contributed by atoms with Gasteiger partial charge in [-0.05, 0) is 30.5 Å². The lowest BCUT2D eigenvalue weighted by atomic mass is 10.0. The number of benzene rings is 1. The lowest BCUT2D eigenvalue weighted by Gasteiger charge is -2.21. The molecule has 2 rings (SSSR count). The largest absolute Gasteiger partial charge is 0.366 e. The Hall–Kier alpha value is -1.52. The molecule has 0 radical (unpaired) electrons. The number of anilines is 1. The molecule has 0 spiro atoms. The highest BCUT2D eigenvalue weighted by atomic mass is 35.5. The van der Waals surface area contributed by atoms with Crippen LogP contribution in [0.5, 0.6) is 0 Å². The molecule has 1 aromatic heterocycles. The van der Waals surface area contributed by atoms with Crippen LogP contribution in [0.1, 0.15) is 24.7 Å². The third kappa shape index (κ3) is 3.99. The van der Waals surface area contributed by atoms with Gasteiger partial charge in [-0.25, -0.2) is 4.98 Å². The minimum Gasteiger partial charge on any atom is -0.366 e. The predicted octanol–water partition coefficient (Wildman–Crippen LogP) is 2.99. The summed E-state index contributed by atoms with van der Waals surface area (Å²) in [6.07, 6.45) is 5.58. The zero-order valence-corrected chi connectivity index (χ0v) is 13.6. The molecule has 2 aromatic rings.